The standard InChI is InChI=1S/C12H10O5/c1-15-12(14)5-3-9(13)8-2-4-10-11(6-8)17-7-16-10/h2,4,6,9,13H,7H2,1H3. The van der Waals surface area contributed by atoms with Crippen molar-refractivity contribution >= 4 is 5.97 Å². The number of hydrogen-bond donors (Lipinski definition) is 1. The van der Waals surface area contributed by atoms with Crippen molar-refractivity contribution in [2.75, 3.05) is 13.9 Å². The van der Waals surface area contributed by atoms with Gasteiger partial charge in [0.25, 0.3) is 0 Å². The number of benzene rings is 1. The van der Waals surface area contributed by atoms with E-state index in [0.717, 1.165) is 0 Å². The van der Waals surface area contributed by atoms with Crippen LogP contribution in [0.2, 0.25) is 0 Å². The number of carbonyl (C=O) groups excluding carboxylic acids is 1. The summed E-state index contributed by atoms with van der Waals surface area (Å²) in [6.07, 6.45) is -1.07. The summed E-state index contributed by atoms with van der Waals surface area (Å²) in [5.74, 6) is 5.03. The van der Waals surface area contributed by atoms with Crippen LogP contribution in [0.25, 0.3) is 0 Å². The van der Waals surface area contributed by atoms with E-state index in [1.807, 2.05) is 0 Å². The predicted molar refractivity (Wildman–Crippen MR) is 57.3 cm³/mol. The largest absolute Gasteiger partial charge is 0.459 e. The first-order chi connectivity index (χ1) is 8.20. The van der Waals surface area contributed by atoms with E-state index in [1.165, 1.54) is 7.11 Å². The number of aliphatic hydroxyl groups excluding tert-OH is 1. The third kappa shape index (κ3) is 2.49. The Morgan fingerprint density at radius 1 is 1.47 bits per heavy atom. The molecular formula is C12H10O5. The van der Waals surface area contributed by atoms with Gasteiger partial charge in [-0.1, -0.05) is 12.0 Å². The molecule has 1 aliphatic heterocycles. The lowest BCUT2D eigenvalue weighted by Gasteiger charge is -2.04. The smallest absolute Gasteiger partial charge is 0.384 e. The molecule has 1 atom stereocenters. The molecule has 0 radical (unpaired) electrons. The van der Waals surface area contributed by atoms with Gasteiger partial charge in [0.1, 0.15) is 6.10 Å². The Morgan fingerprint density at radius 3 is 3.00 bits per heavy atom. The van der Waals surface area contributed by atoms with Crippen LogP contribution < -0.4 is 9.47 Å². The summed E-state index contributed by atoms with van der Waals surface area (Å²) in [6.45, 7) is 0.169. The van der Waals surface area contributed by atoms with Crippen molar-refractivity contribution in [2.24, 2.45) is 0 Å². The summed E-state index contributed by atoms with van der Waals surface area (Å²) in [5.41, 5.74) is 0.533. The number of aliphatic hydroxyl groups is 1. The van der Waals surface area contributed by atoms with Crippen LogP contribution in [-0.2, 0) is 9.53 Å². The molecule has 0 aromatic heterocycles. The van der Waals surface area contributed by atoms with Crippen LogP contribution >= 0.6 is 0 Å². The fourth-order valence-electron chi connectivity index (χ4n) is 1.34. The monoisotopic (exact) mass is 234 g/mol. The molecule has 1 aliphatic rings. The van der Waals surface area contributed by atoms with Crippen LogP contribution in [0.5, 0.6) is 11.5 Å². The Balaban J connectivity index is 2.16. The zero-order chi connectivity index (χ0) is 12.3. The average molecular weight is 234 g/mol. The normalized spacial score (nSPS) is 13.5. The number of hydrogen-bond acceptors (Lipinski definition) is 5. The zero-order valence-electron chi connectivity index (χ0n) is 9.10. The van der Waals surface area contributed by atoms with Crippen LogP contribution in [-0.4, -0.2) is 25.0 Å². The maximum Gasteiger partial charge on any atom is 0.384 e. The number of ether oxygens (including phenoxy) is 3. The van der Waals surface area contributed by atoms with Gasteiger partial charge in [-0.05, 0) is 17.7 Å². The molecule has 5 heteroatoms. The molecule has 0 saturated carbocycles. The maximum absolute atomic E-state index is 10.8. The topological polar surface area (TPSA) is 65.0 Å². The van der Waals surface area contributed by atoms with Crippen molar-refractivity contribution in [1.82, 2.24) is 0 Å². The number of fused-ring (bicyclic) bond motifs is 1. The Bertz CT molecular complexity index is 497. The molecule has 0 spiro atoms. The number of rotatable bonds is 1. The Kier molecular flexibility index (Phi) is 3.17. The van der Waals surface area contributed by atoms with Crippen molar-refractivity contribution < 1.29 is 24.1 Å². The Morgan fingerprint density at radius 2 is 2.24 bits per heavy atom. The van der Waals surface area contributed by atoms with E-state index >= 15 is 0 Å². The molecule has 88 valence electrons. The molecule has 0 fully saturated rings. The lowest BCUT2D eigenvalue weighted by molar-refractivity contribution is -0.133. The van der Waals surface area contributed by atoms with Crippen LogP contribution in [0.3, 0.4) is 0 Å². The minimum Gasteiger partial charge on any atom is -0.459 e. The zero-order valence-corrected chi connectivity index (χ0v) is 9.10. The highest BCUT2D eigenvalue weighted by Gasteiger charge is 2.15. The van der Waals surface area contributed by atoms with Crippen molar-refractivity contribution in [3.05, 3.63) is 23.8 Å². The van der Waals surface area contributed by atoms with Gasteiger partial charge in [-0.15, -0.1) is 0 Å². The first-order valence-electron chi connectivity index (χ1n) is 4.88. The lowest BCUT2D eigenvalue weighted by Crippen LogP contribution is -1.98. The van der Waals surface area contributed by atoms with E-state index in [9.17, 15) is 9.90 Å². The SMILES string of the molecule is COC(=O)C#CC(O)c1ccc2c(c1)OCO2. The third-order valence-corrected chi connectivity index (χ3v) is 2.21. The molecule has 0 aliphatic carbocycles. The maximum atomic E-state index is 10.8. The number of esters is 1. The molecule has 2 rings (SSSR count). The average Bonchev–Trinajstić information content (AvgIpc) is 2.82. The van der Waals surface area contributed by atoms with Gasteiger partial charge in [-0.25, -0.2) is 4.79 Å². The molecular weight excluding hydrogens is 224 g/mol. The molecule has 1 heterocycles. The first kappa shape index (κ1) is 11.3. The van der Waals surface area contributed by atoms with E-state index in [-0.39, 0.29) is 6.79 Å². The highest BCUT2D eigenvalue weighted by Crippen LogP contribution is 2.33. The first-order valence-corrected chi connectivity index (χ1v) is 4.88. The van der Waals surface area contributed by atoms with Gasteiger partial charge < -0.3 is 19.3 Å². The molecule has 0 amide bonds. The van der Waals surface area contributed by atoms with Gasteiger partial charge in [0.15, 0.2) is 11.5 Å². The van der Waals surface area contributed by atoms with E-state index in [2.05, 4.69) is 16.6 Å². The van der Waals surface area contributed by atoms with Crippen LogP contribution in [0, 0.1) is 11.8 Å². The van der Waals surface area contributed by atoms with E-state index in [0.29, 0.717) is 17.1 Å². The minimum atomic E-state index is -1.07. The third-order valence-electron chi connectivity index (χ3n) is 2.21. The summed E-state index contributed by atoms with van der Waals surface area (Å²) < 4.78 is 14.6. The number of carbonyl (C=O) groups is 1. The Labute approximate surface area is 97.9 Å². The fraction of sp³-hybridized carbons (Fsp3) is 0.250. The minimum absolute atomic E-state index is 0.169. The highest BCUT2D eigenvalue weighted by atomic mass is 16.7. The quantitative estimate of drug-likeness (QED) is 0.438. The van der Waals surface area contributed by atoms with Gasteiger partial charge in [0, 0.05) is 5.92 Å². The summed E-state index contributed by atoms with van der Waals surface area (Å²) in [6, 6.07) is 4.96. The second-order valence-corrected chi connectivity index (χ2v) is 3.28. The van der Waals surface area contributed by atoms with Gasteiger partial charge in [0.05, 0.1) is 7.11 Å². The van der Waals surface area contributed by atoms with Crippen LogP contribution in [0.15, 0.2) is 18.2 Å². The fourth-order valence-corrected chi connectivity index (χ4v) is 1.34. The Hall–Kier alpha value is -2.19. The second-order valence-electron chi connectivity index (χ2n) is 3.28. The predicted octanol–water partition coefficient (Wildman–Crippen LogP) is 0.625. The van der Waals surface area contributed by atoms with E-state index in [4.69, 9.17) is 9.47 Å². The van der Waals surface area contributed by atoms with Crippen LogP contribution in [0.4, 0.5) is 0 Å². The molecule has 1 unspecified atom stereocenters. The van der Waals surface area contributed by atoms with Crippen molar-refractivity contribution in [1.29, 1.82) is 0 Å². The van der Waals surface area contributed by atoms with Gasteiger partial charge in [0.2, 0.25) is 6.79 Å². The summed E-state index contributed by atoms with van der Waals surface area (Å²) >= 11 is 0. The molecule has 0 bridgehead atoms. The summed E-state index contributed by atoms with van der Waals surface area (Å²) in [4.78, 5) is 10.8. The van der Waals surface area contributed by atoms with Crippen molar-refractivity contribution in [3.8, 4) is 23.3 Å². The molecule has 17 heavy (non-hydrogen) atoms. The van der Waals surface area contributed by atoms with Gasteiger partial charge in [-0.3, -0.25) is 0 Å². The highest BCUT2D eigenvalue weighted by molar-refractivity contribution is 5.88. The summed E-state index contributed by atoms with van der Waals surface area (Å²) in [5, 5.41) is 9.72. The van der Waals surface area contributed by atoms with Crippen LogP contribution in [0.1, 0.15) is 11.7 Å². The number of methoxy groups -OCH3 is 1. The van der Waals surface area contributed by atoms with Crippen molar-refractivity contribution in [2.45, 2.75) is 6.10 Å². The van der Waals surface area contributed by atoms with E-state index < -0.39 is 12.1 Å². The molecule has 5 nitrogen and oxygen atoms in total. The van der Waals surface area contributed by atoms with E-state index in [1.54, 1.807) is 18.2 Å². The molecule has 1 aromatic rings. The lowest BCUT2D eigenvalue weighted by atomic mass is 10.1. The summed E-state index contributed by atoms with van der Waals surface area (Å²) in [7, 11) is 1.23. The second kappa shape index (κ2) is 4.76. The molecule has 1 N–H and O–H groups in total. The van der Waals surface area contributed by atoms with Gasteiger partial charge >= 0.3 is 5.97 Å². The van der Waals surface area contributed by atoms with Crippen molar-refractivity contribution in [3.63, 3.8) is 0 Å². The molecule has 0 saturated heterocycles. The van der Waals surface area contributed by atoms with Gasteiger partial charge in [-0.2, -0.15) is 0 Å². The molecule has 1 aromatic carbocycles.